The van der Waals surface area contributed by atoms with Crippen LogP contribution in [0.5, 0.6) is 0 Å². The lowest BCUT2D eigenvalue weighted by Gasteiger charge is -2.61. The Balaban J connectivity index is 1.32. The Morgan fingerprint density at radius 3 is 2.56 bits per heavy atom. The van der Waals surface area contributed by atoms with E-state index in [0.29, 0.717) is 40.7 Å². The van der Waals surface area contributed by atoms with Crippen molar-refractivity contribution in [1.29, 1.82) is 0 Å². The zero-order valence-electron chi connectivity index (χ0n) is 21.1. The molecule has 1 unspecified atom stereocenters. The highest BCUT2D eigenvalue weighted by atomic mass is 16.7. The molecule has 0 radical (unpaired) electrons. The van der Waals surface area contributed by atoms with E-state index in [1.54, 1.807) is 0 Å². The lowest BCUT2D eigenvalue weighted by Crippen LogP contribution is -2.61. The molecular formula is C28H46N2O2. The van der Waals surface area contributed by atoms with Crippen molar-refractivity contribution < 1.29 is 9.47 Å². The summed E-state index contributed by atoms with van der Waals surface area (Å²) in [6.07, 6.45) is 12.0. The number of methoxy groups -OCH3 is 1. The second-order valence-corrected chi connectivity index (χ2v) is 13.4. The van der Waals surface area contributed by atoms with Gasteiger partial charge in [-0.3, -0.25) is 4.99 Å². The first-order chi connectivity index (χ1) is 15.2. The van der Waals surface area contributed by atoms with Gasteiger partial charge in [-0.05, 0) is 97.7 Å². The Bertz CT molecular complexity index is 798. The van der Waals surface area contributed by atoms with Crippen LogP contribution in [0.3, 0.4) is 0 Å². The van der Waals surface area contributed by atoms with Gasteiger partial charge in [-0.25, -0.2) is 0 Å². The molecule has 0 spiro atoms. The molecule has 0 amide bonds. The number of nitrogens with zero attached hydrogens (tertiary/aromatic N) is 1. The van der Waals surface area contributed by atoms with Crippen molar-refractivity contribution in [1.82, 2.24) is 0 Å². The maximum absolute atomic E-state index is 7.01. The monoisotopic (exact) mass is 442 g/mol. The average molecular weight is 443 g/mol. The van der Waals surface area contributed by atoms with Gasteiger partial charge in [0.2, 0.25) is 5.79 Å². The molecule has 180 valence electrons. The van der Waals surface area contributed by atoms with Gasteiger partial charge >= 0.3 is 0 Å². The Hall–Kier alpha value is -0.450. The molecule has 0 aromatic carbocycles. The van der Waals surface area contributed by atoms with E-state index in [-0.39, 0.29) is 0 Å². The number of fused-ring (bicyclic) bond motifs is 8. The molecule has 0 aromatic heterocycles. The Labute approximate surface area is 195 Å². The molecule has 32 heavy (non-hydrogen) atoms. The molecule has 2 aliphatic heterocycles. The molecule has 2 heterocycles. The Morgan fingerprint density at radius 2 is 1.78 bits per heavy atom. The molecule has 2 N–H and O–H groups in total. The summed E-state index contributed by atoms with van der Waals surface area (Å²) in [6.45, 7) is 10.9. The highest BCUT2D eigenvalue weighted by Gasteiger charge is 2.67. The summed E-state index contributed by atoms with van der Waals surface area (Å²) in [5, 5.41) is 0. The first-order valence-electron chi connectivity index (χ1n) is 13.7. The van der Waals surface area contributed by atoms with E-state index >= 15 is 0 Å². The Kier molecular flexibility index (Phi) is 5.01. The van der Waals surface area contributed by atoms with Crippen LogP contribution in [-0.2, 0) is 9.47 Å². The van der Waals surface area contributed by atoms with Crippen LogP contribution in [0.15, 0.2) is 4.99 Å². The van der Waals surface area contributed by atoms with E-state index in [1.165, 1.54) is 57.1 Å². The summed E-state index contributed by atoms with van der Waals surface area (Å²) in [5.41, 5.74) is 8.54. The Morgan fingerprint density at radius 1 is 1.00 bits per heavy atom. The summed E-state index contributed by atoms with van der Waals surface area (Å²) in [6, 6.07) is 0.443. The van der Waals surface area contributed by atoms with Gasteiger partial charge in [0.1, 0.15) is 0 Å². The van der Waals surface area contributed by atoms with Gasteiger partial charge < -0.3 is 15.2 Å². The summed E-state index contributed by atoms with van der Waals surface area (Å²) >= 11 is 0. The minimum Gasteiger partial charge on any atom is -0.348 e. The van der Waals surface area contributed by atoms with Gasteiger partial charge in [0, 0.05) is 32.0 Å². The van der Waals surface area contributed by atoms with Crippen molar-refractivity contribution >= 4 is 5.71 Å². The normalized spacial score (nSPS) is 59.2. The van der Waals surface area contributed by atoms with E-state index in [1.807, 2.05) is 7.11 Å². The maximum atomic E-state index is 7.01. The largest absolute Gasteiger partial charge is 0.348 e. The van der Waals surface area contributed by atoms with Crippen LogP contribution in [0.4, 0.5) is 0 Å². The number of aliphatic imine (C=N–C) groups is 1. The zero-order valence-corrected chi connectivity index (χ0v) is 21.1. The molecule has 12 atom stereocenters. The maximum Gasteiger partial charge on any atom is 0.208 e. The van der Waals surface area contributed by atoms with Gasteiger partial charge in [0.15, 0.2) is 0 Å². The third-order valence-corrected chi connectivity index (χ3v) is 12.0. The minimum absolute atomic E-state index is 0.327. The quantitative estimate of drug-likeness (QED) is 0.588. The second kappa shape index (κ2) is 7.28. The second-order valence-electron chi connectivity index (χ2n) is 13.4. The van der Waals surface area contributed by atoms with Crippen molar-refractivity contribution in [3.8, 4) is 0 Å². The van der Waals surface area contributed by atoms with Crippen LogP contribution in [-0.4, -0.2) is 37.3 Å². The number of hydrogen-bond donors (Lipinski definition) is 1. The zero-order chi connectivity index (χ0) is 22.5. The van der Waals surface area contributed by atoms with Crippen molar-refractivity contribution in [2.24, 2.45) is 63.0 Å². The molecule has 6 aliphatic rings. The molecule has 0 bridgehead atoms. The molecular weight excluding hydrogens is 396 g/mol. The highest BCUT2D eigenvalue weighted by Crippen LogP contribution is 2.69. The van der Waals surface area contributed by atoms with Crippen LogP contribution < -0.4 is 5.73 Å². The van der Waals surface area contributed by atoms with Crippen molar-refractivity contribution in [2.45, 2.75) is 103 Å². The lowest BCUT2D eigenvalue weighted by molar-refractivity contribution is -0.240. The summed E-state index contributed by atoms with van der Waals surface area (Å²) in [5.74, 6) is 4.42. The summed E-state index contributed by atoms with van der Waals surface area (Å²) < 4.78 is 13.2. The first-order valence-corrected chi connectivity index (χ1v) is 13.7. The van der Waals surface area contributed by atoms with Gasteiger partial charge in [-0.1, -0.05) is 27.7 Å². The van der Waals surface area contributed by atoms with Crippen molar-refractivity contribution in [3.63, 3.8) is 0 Å². The van der Waals surface area contributed by atoms with Crippen LogP contribution in [0, 0.1) is 52.3 Å². The molecule has 4 nitrogen and oxygen atoms in total. The summed E-state index contributed by atoms with van der Waals surface area (Å²) in [4.78, 5) is 5.09. The molecule has 4 aliphatic carbocycles. The van der Waals surface area contributed by atoms with E-state index in [9.17, 15) is 0 Å². The number of rotatable bonds is 1. The van der Waals surface area contributed by atoms with Crippen LogP contribution in [0.25, 0.3) is 0 Å². The number of ether oxygens (including phenoxy) is 2. The predicted molar refractivity (Wildman–Crippen MR) is 128 cm³/mol. The predicted octanol–water partition coefficient (Wildman–Crippen LogP) is 5.44. The van der Waals surface area contributed by atoms with Crippen LogP contribution >= 0.6 is 0 Å². The van der Waals surface area contributed by atoms with E-state index in [0.717, 1.165) is 36.6 Å². The fourth-order valence-electron chi connectivity index (χ4n) is 10.6. The fourth-order valence-corrected chi connectivity index (χ4v) is 10.6. The van der Waals surface area contributed by atoms with Gasteiger partial charge in [0.25, 0.3) is 0 Å². The topological polar surface area (TPSA) is 56.8 Å². The third-order valence-electron chi connectivity index (χ3n) is 12.0. The molecule has 4 heteroatoms. The molecule has 1 saturated heterocycles. The first kappa shape index (κ1) is 22.0. The SMILES string of the molecule is COC12C[C@@H](C)CN=C1[C@@H](C)[C@H]1[C@@H](C[C@H]3[C@@H]4CC[C@H]5C[C@@H](N)CC[C@]5(C)[C@H]4CC[C@]13C)O2. The number of nitrogens with two attached hydrogens (primary N) is 1. The molecule has 0 aromatic rings. The van der Waals surface area contributed by atoms with Crippen LogP contribution in [0.2, 0.25) is 0 Å². The average Bonchev–Trinajstić information content (AvgIpc) is 3.06. The van der Waals surface area contributed by atoms with Crippen molar-refractivity contribution in [2.75, 3.05) is 13.7 Å². The molecule has 6 rings (SSSR count). The van der Waals surface area contributed by atoms with E-state index in [2.05, 4.69) is 27.7 Å². The smallest absolute Gasteiger partial charge is 0.208 e. The minimum atomic E-state index is -0.565. The van der Waals surface area contributed by atoms with Gasteiger partial charge in [-0.2, -0.15) is 0 Å². The van der Waals surface area contributed by atoms with E-state index < -0.39 is 5.79 Å². The lowest BCUT2D eigenvalue weighted by atomic mass is 9.44. The standard InChI is InChI=1S/C28H46N2O2/c1-16-14-28(31-5)25(30-15-16)17(2)24-23(32-28)13-22-20-7-6-18-12-19(29)8-10-26(18,3)21(20)9-11-27(22,24)4/h16-24H,6-15,29H2,1-5H3/t16-,17+,18+,19+,20-,21+,22+,23-,24+,26+,27+,28?/m1/s1. The summed E-state index contributed by atoms with van der Waals surface area (Å²) in [7, 11) is 1.84. The molecule has 4 saturated carbocycles. The molecule has 5 fully saturated rings. The van der Waals surface area contributed by atoms with Crippen molar-refractivity contribution in [3.05, 3.63) is 0 Å². The van der Waals surface area contributed by atoms with Crippen LogP contribution in [0.1, 0.15) is 85.5 Å². The number of hydrogen-bond acceptors (Lipinski definition) is 4. The van der Waals surface area contributed by atoms with Gasteiger partial charge in [-0.15, -0.1) is 0 Å². The van der Waals surface area contributed by atoms with E-state index in [4.69, 9.17) is 20.2 Å². The third kappa shape index (κ3) is 2.81. The van der Waals surface area contributed by atoms with Gasteiger partial charge in [0.05, 0.1) is 11.8 Å². The fraction of sp³-hybridized carbons (Fsp3) is 0.964. The highest BCUT2D eigenvalue weighted by molar-refractivity contribution is 5.94.